The second kappa shape index (κ2) is 9.81. The summed E-state index contributed by atoms with van der Waals surface area (Å²) in [6, 6.07) is 8.72. The van der Waals surface area contributed by atoms with E-state index in [0.717, 1.165) is 10.4 Å². The largest absolute Gasteiger partial charge is 0.507 e. The molecule has 1 aliphatic rings. The van der Waals surface area contributed by atoms with Crippen molar-refractivity contribution in [1.29, 1.82) is 0 Å². The van der Waals surface area contributed by atoms with Crippen molar-refractivity contribution in [2.24, 2.45) is 0 Å². The Morgan fingerprint density at radius 1 is 0.943 bits per heavy atom. The van der Waals surface area contributed by atoms with E-state index >= 15 is 0 Å². The Morgan fingerprint density at radius 3 is 2.17 bits per heavy atom. The molecule has 10 heteroatoms. The van der Waals surface area contributed by atoms with E-state index in [4.69, 9.17) is 37.4 Å². The molecule has 1 fully saturated rings. The van der Waals surface area contributed by atoms with Crippen LogP contribution >= 0.6 is 34.5 Å². The zero-order chi connectivity index (χ0) is 25.4. The highest BCUT2D eigenvalue weighted by molar-refractivity contribution is 7.10. The highest BCUT2D eigenvalue weighted by atomic mass is 35.5. The van der Waals surface area contributed by atoms with Crippen LogP contribution in [0.1, 0.15) is 22.0 Å². The number of thiophene rings is 1. The molecule has 2 heterocycles. The number of nitrogens with zero attached hydrogens (tertiary/aromatic N) is 1. The number of carbonyl (C=O) groups excluding carboxylic acids is 2. The van der Waals surface area contributed by atoms with Crippen LogP contribution in [0, 0.1) is 6.92 Å². The minimum Gasteiger partial charge on any atom is -0.507 e. The monoisotopic (exact) mass is 533 g/mol. The number of anilines is 1. The van der Waals surface area contributed by atoms with Crippen LogP contribution in [-0.4, -0.2) is 38.1 Å². The average molecular weight is 534 g/mol. The van der Waals surface area contributed by atoms with E-state index in [1.54, 1.807) is 18.2 Å². The molecule has 7 nitrogen and oxygen atoms in total. The fraction of sp³-hybridized carbons (Fsp3) is 0.200. The predicted octanol–water partition coefficient (Wildman–Crippen LogP) is 6.02. The molecule has 1 aliphatic heterocycles. The summed E-state index contributed by atoms with van der Waals surface area (Å²) in [5, 5.41) is 13.8. The first-order valence-electron chi connectivity index (χ1n) is 10.3. The van der Waals surface area contributed by atoms with Gasteiger partial charge in [-0.1, -0.05) is 23.2 Å². The fourth-order valence-electron chi connectivity index (χ4n) is 4.01. The third kappa shape index (κ3) is 4.22. The van der Waals surface area contributed by atoms with Gasteiger partial charge >= 0.3 is 0 Å². The third-order valence-electron chi connectivity index (χ3n) is 5.74. The van der Waals surface area contributed by atoms with Gasteiger partial charge in [-0.3, -0.25) is 14.5 Å². The number of rotatable bonds is 6. The molecule has 4 rings (SSSR count). The number of benzene rings is 2. The van der Waals surface area contributed by atoms with Crippen LogP contribution in [0.25, 0.3) is 5.76 Å². The number of aliphatic hydroxyl groups is 1. The fourth-order valence-corrected chi connectivity index (χ4v) is 5.52. The maximum Gasteiger partial charge on any atom is 0.300 e. The van der Waals surface area contributed by atoms with Crippen LogP contribution in [0.3, 0.4) is 0 Å². The Balaban J connectivity index is 1.98. The molecule has 3 aromatic rings. The van der Waals surface area contributed by atoms with Gasteiger partial charge in [0.15, 0.2) is 0 Å². The number of halogens is 2. The summed E-state index contributed by atoms with van der Waals surface area (Å²) >= 11 is 14.0. The second-order valence-electron chi connectivity index (χ2n) is 7.64. The van der Waals surface area contributed by atoms with E-state index in [-0.39, 0.29) is 26.9 Å². The van der Waals surface area contributed by atoms with Gasteiger partial charge in [0.05, 0.1) is 42.5 Å². The van der Waals surface area contributed by atoms with Gasteiger partial charge in [0, 0.05) is 16.6 Å². The van der Waals surface area contributed by atoms with E-state index in [1.807, 2.05) is 18.4 Å². The molecule has 0 radical (unpaired) electrons. The Bertz CT molecular complexity index is 1370. The molecule has 0 aliphatic carbocycles. The molecule has 1 N–H and O–H groups in total. The van der Waals surface area contributed by atoms with Crippen LogP contribution in [-0.2, 0) is 9.59 Å². The summed E-state index contributed by atoms with van der Waals surface area (Å²) < 4.78 is 15.9. The van der Waals surface area contributed by atoms with Gasteiger partial charge in [0.2, 0.25) is 0 Å². The van der Waals surface area contributed by atoms with Gasteiger partial charge < -0.3 is 19.3 Å². The Kier molecular flexibility index (Phi) is 6.98. The summed E-state index contributed by atoms with van der Waals surface area (Å²) in [5.41, 5.74) is 1.31. The van der Waals surface area contributed by atoms with Gasteiger partial charge in [-0.2, -0.15) is 0 Å². The van der Waals surface area contributed by atoms with E-state index in [0.29, 0.717) is 17.2 Å². The molecule has 182 valence electrons. The molecule has 2 aromatic carbocycles. The van der Waals surface area contributed by atoms with Gasteiger partial charge in [-0.15, -0.1) is 11.3 Å². The first-order valence-corrected chi connectivity index (χ1v) is 12.0. The van der Waals surface area contributed by atoms with Crippen LogP contribution in [0.4, 0.5) is 5.69 Å². The van der Waals surface area contributed by atoms with Crippen molar-refractivity contribution in [2.75, 3.05) is 26.2 Å². The Hall–Kier alpha value is -3.20. The highest BCUT2D eigenvalue weighted by Crippen LogP contribution is 2.47. The zero-order valence-corrected chi connectivity index (χ0v) is 21.5. The topological polar surface area (TPSA) is 85.3 Å². The summed E-state index contributed by atoms with van der Waals surface area (Å²) in [6.07, 6.45) is 0. The van der Waals surface area contributed by atoms with Crippen molar-refractivity contribution in [3.05, 3.63) is 73.4 Å². The average Bonchev–Trinajstić information content (AvgIpc) is 3.38. The van der Waals surface area contributed by atoms with Crippen molar-refractivity contribution in [3.8, 4) is 17.2 Å². The maximum absolute atomic E-state index is 13.4. The number of Topliss-reactive ketones (excluding diaryl/α,β-unsaturated/α-hetero) is 1. The molecule has 0 saturated carbocycles. The number of hydrogen-bond acceptors (Lipinski definition) is 7. The minimum absolute atomic E-state index is 0.0907. The number of carbonyl (C=O) groups is 2. The molecular formula is C25H21Cl2NO6S. The number of ketones is 1. The van der Waals surface area contributed by atoms with E-state index in [2.05, 4.69) is 0 Å². The number of aryl methyl sites for hydroxylation is 1. The number of amides is 1. The quantitative estimate of drug-likeness (QED) is 0.237. The lowest BCUT2D eigenvalue weighted by Gasteiger charge is -2.25. The molecule has 1 saturated heterocycles. The van der Waals surface area contributed by atoms with Crippen molar-refractivity contribution >= 4 is 57.7 Å². The zero-order valence-electron chi connectivity index (χ0n) is 19.2. The minimum atomic E-state index is -0.898. The van der Waals surface area contributed by atoms with E-state index in [1.165, 1.54) is 49.7 Å². The standard InChI is InChI=1S/C25H21Cl2NO6S/c1-12-7-8-35-24(12)21-20(22(29)14-10-16(27)19(34-4)11-18(14)33-3)23(30)25(31)28(21)13-5-6-17(32-2)15(26)9-13/h5-11,21,29H,1-4H3/b22-20+. The predicted molar refractivity (Wildman–Crippen MR) is 136 cm³/mol. The number of hydrogen-bond donors (Lipinski definition) is 1. The van der Waals surface area contributed by atoms with Gasteiger partial charge in [-0.05, 0) is 48.2 Å². The highest BCUT2D eigenvalue weighted by Gasteiger charge is 2.48. The normalized spacial score (nSPS) is 17.1. The Labute approximate surface area is 216 Å². The molecule has 0 bridgehead atoms. The number of methoxy groups -OCH3 is 3. The number of aliphatic hydroxyl groups excluding tert-OH is 1. The SMILES string of the molecule is COc1ccc(N2C(=O)C(=O)/C(=C(/O)c3cc(Cl)c(OC)cc3OC)C2c2sccc2C)cc1Cl. The van der Waals surface area contributed by atoms with Crippen molar-refractivity contribution < 1.29 is 28.9 Å². The molecule has 1 aromatic heterocycles. The van der Waals surface area contributed by atoms with Gasteiger partial charge in [-0.25, -0.2) is 0 Å². The van der Waals surface area contributed by atoms with Crippen LogP contribution in [0.2, 0.25) is 10.0 Å². The van der Waals surface area contributed by atoms with Crippen LogP contribution < -0.4 is 19.1 Å². The lowest BCUT2D eigenvalue weighted by molar-refractivity contribution is -0.132. The van der Waals surface area contributed by atoms with Gasteiger partial charge in [0.1, 0.15) is 29.0 Å². The third-order valence-corrected chi connectivity index (χ3v) is 7.40. The molecule has 1 amide bonds. The van der Waals surface area contributed by atoms with Crippen molar-refractivity contribution in [1.82, 2.24) is 0 Å². The van der Waals surface area contributed by atoms with Crippen molar-refractivity contribution in [2.45, 2.75) is 13.0 Å². The summed E-state index contributed by atoms with van der Waals surface area (Å²) in [6.45, 7) is 1.87. The molecule has 1 atom stereocenters. The van der Waals surface area contributed by atoms with Crippen LogP contribution in [0.5, 0.6) is 17.2 Å². The molecular weight excluding hydrogens is 513 g/mol. The second-order valence-corrected chi connectivity index (χ2v) is 9.40. The van der Waals surface area contributed by atoms with Crippen LogP contribution in [0.15, 0.2) is 47.4 Å². The lowest BCUT2D eigenvalue weighted by Crippen LogP contribution is -2.29. The summed E-state index contributed by atoms with van der Waals surface area (Å²) in [5.74, 6) is -1.08. The number of ether oxygens (including phenoxy) is 3. The first-order chi connectivity index (χ1) is 16.7. The van der Waals surface area contributed by atoms with E-state index < -0.39 is 23.5 Å². The molecule has 1 unspecified atom stereocenters. The summed E-state index contributed by atoms with van der Waals surface area (Å²) in [7, 11) is 4.35. The summed E-state index contributed by atoms with van der Waals surface area (Å²) in [4.78, 5) is 28.8. The Morgan fingerprint density at radius 2 is 1.60 bits per heavy atom. The first kappa shape index (κ1) is 24.9. The smallest absolute Gasteiger partial charge is 0.300 e. The molecule has 0 spiro atoms. The van der Waals surface area contributed by atoms with Gasteiger partial charge in [0.25, 0.3) is 11.7 Å². The lowest BCUT2D eigenvalue weighted by atomic mass is 9.97. The van der Waals surface area contributed by atoms with E-state index in [9.17, 15) is 14.7 Å². The molecule has 35 heavy (non-hydrogen) atoms. The maximum atomic E-state index is 13.4. The van der Waals surface area contributed by atoms with Crippen molar-refractivity contribution in [3.63, 3.8) is 0 Å².